The summed E-state index contributed by atoms with van der Waals surface area (Å²) in [6.45, 7) is 5.30. The summed E-state index contributed by atoms with van der Waals surface area (Å²) in [5, 5.41) is 0.814. The maximum atomic E-state index is 6.08. The van der Waals surface area contributed by atoms with Gasteiger partial charge in [-0.15, -0.1) is 0 Å². The smallest absolute Gasteiger partial charge is 0.157 e. The van der Waals surface area contributed by atoms with Crippen LogP contribution < -0.4 is 0 Å². The van der Waals surface area contributed by atoms with Crippen molar-refractivity contribution in [3.63, 3.8) is 0 Å². The van der Waals surface area contributed by atoms with Crippen molar-refractivity contribution in [3.8, 4) is 0 Å². The van der Waals surface area contributed by atoms with E-state index in [1.54, 1.807) is 0 Å². The van der Waals surface area contributed by atoms with Gasteiger partial charge in [0.15, 0.2) is 6.29 Å². The fourth-order valence-corrected chi connectivity index (χ4v) is 1.79. The van der Waals surface area contributed by atoms with Crippen molar-refractivity contribution in [3.05, 3.63) is 34.9 Å². The van der Waals surface area contributed by atoms with Crippen LogP contribution in [0.4, 0.5) is 0 Å². The Morgan fingerprint density at radius 3 is 2.31 bits per heavy atom. The molecule has 0 aromatic heterocycles. The second-order valence-electron chi connectivity index (χ2n) is 3.47. The first-order valence-electron chi connectivity index (χ1n) is 5.74. The highest BCUT2D eigenvalue weighted by molar-refractivity contribution is 6.31. The van der Waals surface area contributed by atoms with Crippen LogP contribution in [-0.4, -0.2) is 19.5 Å². The molecule has 90 valence electrons. The maximum absolute atomic E-state index is 6.08. The van der Waals surface area contributed by atoms with Crippen LogP contribution in [-0.2, 0) is 15.9 Å². The summed E-state index contributed by atoms with van der Waals surface area (Å²) in [6, 6.07) is 7.89. The van der Waals surface area contributed by atoms with Gasteiger partial charge in [0, 0.05) is 24.7 Å². The van der Waals surface area contributed by atoms with Crippen molar-refractivity contribution in [1.82, 2.24) is 0 Å². The van der Waals surface area contributed by atoms with Gasteiger partial charge in [0.1, 0.15) is 0 Å². The third-order valence-electron chi connectivity index (χ3n) is 2.31. The first kappa shape index (κ1) is 13.5. The van der Waals surface area contributed by atoms with Crippen LogP contribution in [0.15, 0.2) is 24.3 Å². The van der Waals surface area contributed by atoms with Gasteiger partial charge in [-0.2, -0.15) is 0 Å². The molecule has 0 aliphatic carbocycles. The average Bonchev–Trinajstić information content (AvgIpc) is 2.28. The molecule has 0 amide bonds. The average molecular weight is 243 g/mol. The molecule has 0 bridgehead atoms. The first-order chi connectivity index (χ1) is 7.77. The summed E-state index contributed by atoms with van der Waals surface area (Å²) in [6.07, 6.45) is 1.60. The van der Waals surface area contributed by atoms with Crippen LogP contribution in [0.1, 0.15) is 25.8 Å². The molecule has 2 nitrogen and oxygen atoms in total. The highest BCUT2D eigenvalue weighted by atomic mass is 35.5. The van der Waals surface area contributed by atoms with E-state index in [1.165, 1.54) is 0 Å². The highest BCUT2D eigenvalue weighted by Crippen LogP contribution is 2.18. The van der Waals surface area contributed by atoms with Crippen LogP contribution in [0.3, 0.4) is 0 Å². The van der Waals surface area contributed by atoms with E-state index in [0.717, 1.165) is 23.4 Å². The second kappa shape index (κ2) is 7.66. The minimum absolute atomic E-state index is 0.119. The quantitative estimate of drug-likeness (QED) is 0.680. The number of aryl methyl sites for hydroxylation is 1. The number of ether oxygens (including phenoxy) is 2. The van der Waals surface area contributed by atoms with Gasteiger partial charge in [0.2, 0.25) is 0 Å². The van der Waals surface area contributed by atoms with Crippen LogP contribution in [0.5, 0.6) is 0 Å². The molecule has 0 N–H and O–H groups in total. The maximum Gasteiger partial charge on any atom is 0.157 e. The normalized spacial score (nSPS) is 11.0. The van der Waals surface area contributed by atoms with Crippen molar-refractivity contribution in [1.29, 1.82) is 0 Å². The molecule has 0 fully saturated rings. The van der Waals surface area contributed by atoms with Crippen molar-refractivity contribution in [2.45, 2.75) is 33.0 Å². The Hall–Kier alpha value is -0.570. The highest BCUT2D eigenvalue weighted by Gasteiger charge is 2.09. The SMILES string of the molecule is CCOC(CCc1ccccc1Cl)OCC. The van der Waals surface area contributed by atoms with E-state index in [4.69, 9.17) is 21.1 Å². The van der Waals surface area contributed by atoms with Gasteiger partial charge in [0.05, 0.1) is 0 Å². The fraction of sp³-hybridized carbons (Fsp3) is 0.538. The summed E-state index contributed by atoms with van der Waals surface area (Å²) >= 11 is 6.08. The lowest BCUT2D eigenvalue weighted by Crippen LogP contribution is -2.18. The number of rotatable bonds is 7. The van der Waals surface area contributed by atoms with E-state index in [1.807, 2.05) is 38.1 Å². The minimum Gasteiger partial charge on any atom is -0.353 e. The summed E-state index contributed by atoms with van der Waals surface area (Å²) in [4.78, 5) is 0. The van der Waals surface area contributed by atoms with E-state index in [-0.39, 0.29) is 6.29 Å². The zero-order valence-electron chi connectivity index (χ0n) is 9.91. The molecule has 1 rings (SSSR count). The molecule has 1 aromatic rings. The molecule has 0 saturated carbocycles. The first-order valence-corrected chi connectivity index (χ1v) is 6.12. The zero-order chi connectivity index (χ0) is 11.8. The Morgan fingerprint density at radius 2 is 1.75 bits per heavy atom. The molecule has 1 aromatic carbocycles. The molecular weight excluding hydrogens is 224 g/mol. The van der Waals surface area contributed by atoms with Crippen LogP contribution in [0.2, 0.25) is 5.02 Å². The minimum atomic E-state index is -0.119. The molecule has 0 aliphatic rings. The second-order valence-corrected chi connectivity index (χ2v) is 3.88. The van der Waals surface area contributed by atoms with Gasteiger partial charge in [-0.1, -0.05) is 29.8 Å². The molecule has 3 heteroatoms. The predicted molar refractivity (Wildman–Crippen MR) is 66.8 cm³/mol. The van der Waals surface area contributed by atoms with E-state index >= 15 is 0 Å². The molecule has 0 heterocycles. The van der Waals surface area contributed by atoms with Gasteiger partial charge >= 0.3 is 0 Å². The van der Waals surface area contributed by atoms with Gasteiger partial charge in [-0.3, -0.25) is 0 Å². The summed E-state index contributed by atoms with van der Waals surface area (Å²) in [7, 11) is 0. The standard InChI is InChI=1S/C13H19ClO2/c1-3-15-13(16-4-2)10-9-11-7-5-6-8-12(11)14/h5-8,13H,3-4,9-10H2,1-2H3. The number of benzene rings is 1. The van der Waals surface area contributed by atoms with Crippen molar-refractivity contribution in [2.24, 2.45) is 0 Å². The van der Waals surface area contributed by atoms with E-state index in [0.29, 0.717) is 13.2 Å². The van der Waals surface area contributed by atoms with Crippen LogP contribution >= 0.6 is 11.6 Å². The van der Waals surface area contributed by atoms with E-state index in [9.17, 15) is 0 Å². The van der Waals surface area contributed by atoms with Crippen LogP contribution in [0, 0.1) is 0 Å². The molecule has 16 heavy (non-hydrogen) atoms. The third-order valence-corrected chi connectivity index (χ3v) is 2.68. The van der Waals surface area contributed by atoms with Crippen molar-refractivity contribution < 1.29 is 9.47 Å². The third kappa shape index (κ3) is 4.52. The summed E-state index contributed by atoms with van der Waals surface area (Å²) in [5.74, 6) is 0. The topological polar surface area (TPSA) is 18.5 Å². The molecule has 0 saturated heterocycles. The van der Waals surface area contributed by atoms with Gasteiger partial charge in [-0.25, -0.2) is 0 Å². The molecule has 0 spiro atoms. The van der Waals surface area contributed by atoms with Crippen molar-refractivity contribution >= 4 is 11.6 Å². The zero-order valence-corrected chi connectivity index (χ0v) is 10.7. The summed E-state index contributed by atoms with van der Waals surface area (Å²) in [5.41, 5.74) is 1.15. The Labute approximate surface area is 103 Å². The number of hydrogen-bond acceptors (Lipinski definition) is 2. The number of halogens is 1. The van der Waals surface area contributed by atoms with Gasteiger partial charge in [0.25, 0.3) is 0 Å². The lowest BCUT2D eigenvalue weighted by molar-refractivity contribution is -0.139. The predicted octanol–water partition coefficient (Wildman–Crippen LogP) is 3.67. The Kier molecular flexibility index (Phi) is 6.46. The largest absolute Gasteiger partial charge is 0.353 e. The van der Waals surface area contributed by atoms with E-state index < -0.39 is 0 Å². The van der Waals surface area contributed by atoms with Crippen molar-refractivity contribution in [2.75, 3.05) is 13.2 Å². The van der Waals surface area contributed by atoms with Crippen LogP contribution in [0.25, 0.3) is 0 Å². The van der Waals surface area contributed by atoms with E-state index in [2.05, 4.69) is 0 Å². The summed E-state index contributed by atoms with van der Waals surface area (Å²) < 4.78 is 11.0. The Balaban J connectivity index is 2.45. The molecule has 0 radical (unpaired) electrons. The lowest BCUT2D eigenvalue weighted by Gasteiger charge is -2.16. The lowest BCUT2D eigenvalue weighted by atomic mass is 10.1. The number of hydrogen-bond donors (Lipinski definition) is 0. The fourth-order valence-electron chi connectivity index (χ4n) is 1.56. The monoisotopic (exact) mass is 242 g/mol. The van der Waals surface area contributed by atoms with Gasteiger partial charge < -0.3 is 9.47 Å². The van der Waals surface area contributed by atoms with Gasteiger partial charge in [-0.05, 0) is 31.9 Å². The molecule has 0 aliphatic heterocycles. The molecule has 0 unspecified atom stereocenters. The molecular formula is C13H19ClO2. The Bertz CT molecular complexity index is 296. The Morgan fingerprint density at radius 1 is 1.12 bits per heavy atom. The molecule has 0 atom stereocenters.